The molecule has 0 unspecified atom stereocenters. The number of carbonyl (C=O) groups excluding carboxylic acids is 1. The van der Waals surface area contributed by atoms with Crippen LogP contribution in [-0.2, 0) is 0 Å². The van der Waals surface area contributed by atoms with E-state index in [1.54, 1.807) is 13.0 Å². The zero-order valence-electron chi connectivity index (χ0n) is 15.9. The second-order valence-corrected chi connectivity index (χ2v) is 7.05. The number of nitrogens with one attached hydrogen (secondary N) is 2. The minimum absolute atomic E-state index is 0.114. The van der Waals surface area contributed by atoms with E-state index < -0.39 is 0 Å². The fourth-order valence-corrected chi connectivity index (χ4v) is 3.32. The Morgan fingerprint density at radius 1 is 1.04 bits per heavy atom. The SMILES string of the molecule is Cc1oc(C)c(C(=O)Nc2ccc(N[C@H](C)c3ccccc3)c(Cl)c2)c1C. The highest BCUT2D eigenvalue weighted by molar-refractivity contribution is 6.33. The van der Waals surface area contributed by atoms with Crippen molar-refractivity contribution in [2.24, 2.45) is 0 Å². The Morgan fingerprint density at radius 3 is 2.33 bits per heavy atom. The Labute approximate surface area is 164 Å². The molecule has 0 aliphatic rings. The molecule has 0 aliphatic carbocycles. The van der Waals surface area contributed by atoms with Crippen molar-refractivity contribution in [1.29, 1.82) is 0 Å². The molecule has 0 bridgehead atoms. The molecule has 0 radical (unpaired) electrons. The van der Waals surface area contributed by atoms with Crippen LogP contribution in [0.1, 0.15) is 46.0 Å². The highest BCUT2D eigenvalue weighted by Gasteiger charge is 2.19. The molecule has 27 heavy (non-hydrogen) atoms. The van der Waals surface area contributed by atoms with Crippen molar-refractivity contribution < 1.29 is 9.21 Å². The topological polar surface area (TPSA) is 54.3 Å². The van der Waals surface area contributed by atoms with Crippen molar-refractivity contribution in [3.05, 3.63) is 81.8 Å². The van der Waals surface area contributed by atoms with E-state index in [4.69, 9.17) is 16.0 Å². The van der Waals surface area contributed by atoms with Gasteiger partial charge in [0.15, 0.2) is 0 Å². The number of anilines is 2. The standard InChI is InChI=1S/C22H23ClN2O2/c1-13-15(3)27-16(4)21(13)22(26)25-18-10-11-20(19(23)12-18)24-14(2)17-8-6-5-7-9-17/h5-12,14,24H,1-4H3,(H,25,26)/t14-/m1/s1. The maximum absolute atomic E-state index is 12.6. The first-order valence-electron chi connectivity index (χ1n) is 8.85. The normalized spacial score (nSPS) is 11.9. The van der Waals surface area contributed by atoms with Gasteiger partial charge in [0.1, 0.15) is 11.5 Å². The Hall–Kier alpha value is -2.72. The van der Waals surface area contributed by atoms with Gasteiger partial charge in [-0.2, -0.15) is 0 Å². The molecule has 0 spiro atoms. The molecule has 1 heterocycles. The predicted octanol–water partition coefficient (Wildman–Crippen LogP) is 6.28. The monoisotopic (exact) mass is 382 g/mol. The van der Waals surface area contributed by atoms with E-state index >= 15 is 0 Å². The average molecular weight is 383 g/mol. The lowest BCUT2D eigenvalue weighted by Gasteiger charge is -2.17. The third-order valence-corrected chi connectivity index (χ3v) is 5.00. The summed E-state index contributed by atoms with van der Waals surface area (Å²) >= 11 is 6.42. The van der Waals surface area contributed by atoms with E-state index in [1.165, 1.54) is 5.56 Å². The molecular weight excluding hydrogens is 360 g/mol. The summed E-state index contributed by atoms with van der Waals surface area (Å²) in [5.41, 5.74) is 4.06. The fourth-order valence-electron chi connectivity index (χ4n) is 3.09. The van der Waals surface area contributed by atoms with E-state index in [0.29, 0.717) is 22.0 Å². The van der Waals surface area contributed by atoms with Crippen LogP contribution in [0.3, 0.4) is 0 Å². The smallest absolute Gasteiger partial charge is 0.259 e. The number of aryl methyl sites for hydroxylation is 2. The van der Waals surface area contributed by atoms with E-state index in [9.17, 15) is 4.79 Å². The van der Waals surface area contributed by atoms with E-state index in [-0.39, 0.29) is 11.9 Å². The number of hydrogen-bond donors (Lipinski definition) is 2. The zero-order valence-corrected chi connectivity index (χ0v) is 16.6. The number of halogens is 1. The number of furan rings is 1. The summed E-state index contributed by atoms with van der Waals surface area (Å²) in [4.78, 5) is 12.6. The summed E-state index contributed by atoms with van der Waals surface area (Å²) in [5.74, 6) is 1.17. The van der Waals surface area contributed by atoms with Crippen LogP contribution in [0, 0.1) is 20.8 Å². The first-order valence-corrected chi connectivity index (χ1v) is 9.23. The van der Waals surface area contributed by atoms with Crippen molar-refractivity contribution in [2.75, 3.05) is 10.6 Å². The van der Waals surface area contributed by atoms with Gasteiger partial charge in [0.2, 0.25) is 0 Å². The van der Waals surface area contributed by atoms with Crippen LogP contribution in [0.2, 0.25) is 5.02 Å². The number of rotatable bonds is 5. The zero-order chi connectivity index (χ0) is 19.6. The third kappa shape index (κ3) is 4.17. The van der Waals surface area contributed by atoms with Gasteiger partial charge in [-0.05, 0) is 51.5 Å². The van der Waals surface area contributed by atoms with E-state index in [2.05, 4.69) is 29.7 Å². The molecule has 1 aromatic heterocycles. The van der Waals surface area contributed by atoms with Crippen LogP contribution in [0.5, 0.6) is 0 Å². The van der Waals surface area contributed by atoms with Crippen LogP contribution in [0.15, 0.2) is 52.9 Å². The summed E-state index contributed by atoms with van der Waals surface area (Å²) in [5, 5.41) is 6.84. The quantitative estimate of drug-likeness (QED) is 0.545. The summed E-state index contributed by atoms with van der Waals surface area (Å²) in [6, 6.07) is 15.7. The van der Waals surface area contributed by atoms with Crippen molar-refractivity contribution in [2.45, 2.75) is 33.7 Å². The molecule has 140 valence electrons. The van der Waals surface area contributed by atoms with Gasteiger partial charge in [-0.25, -0.2) is 0 Å². The van der Waals surface area contributed by atoms with Gasteiger partial charge in [0.25, 0.3) is 5.91 Å². The van der Waals surface area contributed by atoms with Crippen molar-refractivity contribution in [3.63, 3.8) is 0 Å². The minimum atomic E-state index is -0.198. The second kappa shape index (κ2) is 7.89. The van der Waals surface area contributed by atoms with Gasteiger partial charge in [-0.1, -0.05) is 41.9 Å². The molecular formula is C22H23ClN2O2. The largest absolute Gasteiger partial charge is 0.466 e. The molecule has 3 rings (SSSR count). The Kier molecular flexibility index (Phi) is 5.57. The van der Waals surface area contributed by atoms with Gasteiger partial charge < -0.3 is 15.1 Å². The molecule has 0 saturated carbocycles. The highest BCUT2D eigenvalue weighted by Crippen LogP contribution is 2.30. The van der Waals surface area contributed by atoms with E-state index in [1.807, 2.05) is 44.2 Å². The predicted molar refractivity (Wildman–Crippen MR) is 111 cm³/mol. The van der Waals surface area contributed by atoms with Gasteiger partial charge in [-0.15, -0.1) is 0 Å². The first-order chi connectivity index (χ1) is 12.9. The molecule has 2 N–H and O–H groups in total. The van der Waals surface area contributed by atoms with Crippen LogP contribution < -0.4 is 10.6 Å². The minimum Gasteiger partial charge on any atom is -0.466 e. The van der Waals surface area contributed by atoms with Crippen molar-refractivity contribution >= 4 is 28.9 Å². The number of amides is 1. The molecule has 0 aliphatic heterocycles. The average Bonchev–Trinajstić information content (AvgIpc) is 2.90. The molecule has 5 heteroatoms. The molecule has 0 saturated heterocycles. The van der Waals surface area contributed by atoms with Gasteiger partial charge in [-0.3, -0.25) is 4.79 Å². The molecule has 1 amide bonds. The molecule has 4 nitrogen and oxygen atoms in total. The first kappa shape index (κ1) is 19.1. The molecule has 2 aromatic carbocycles. The molecule has 1 atom stereocenters. The Balaban J connectivity index is 1.74. The summed E-state index contributed by atoms with van der Waals surface area (Å²) in [6.45, 7) is 7.60. The lowest BCUT2D eigenvalue weighted by molar-refractivity contribution is 0.102. The number of benzene rings is 2. The lowest BCUT2D eigenvalue weighted by Crippen LogP contribution is -2.14. The van der Waals surface area contributed by atoms with Crippen LogP contribution >= 0.6 is 11.6 Å². The Morgan fingerprint density at radius 2 is 1.74 bits per heavy atom. The number of hydrogen-bond acceptors (Lipinski definition) is 3. The molecule has 0 fully saturated rings. The fraction of sp³-hybridized carbons (Fsp3) is 0.227. The Bertz CT molecular complexity index is 964. The maximum Gasteiger partial charge on any atom is 0.259 e. The maximum atomic E-state index is 12.6. The van der Waals surface area contributed by atoms with Crippen LogP contribution in [0.4, 0.5) is 11.4 Å². The van der Waals surface area contributed by atoms with Gasteiger partial charge >= 0.3 is 0 Å². The second-order valence-electron chi connectivity index (χ2n) is 6.64. The van der Waals surface area contributed by atoms with Crippen LogP contribution in [0.25, 0.3) is 0 Å². The third-order valence-electron chi connectivity index (χ3n) is 4.69. The molecule has 3 aromatic rings. The summed E-state index contributed by atoms with van der Waals surface area (Å²) < 4.78 is 5.54. The van der Waals surface area contributed by atoms with Crippen LogP contribution in [-0.4, -0.2) is 5.91 Å². The van der Waals surface area contributed by atoms with Crippen molar-refractivity contribution in [1.82, 2.24) is 0 Å². The van der Waals surface area contributed by atoms with Gasteiger partial charge in [0.05, 0.1) is 16.3 Å². The van der Waals surface area contributed by atoms with Gasteiger partial charge in [0, 0.05) is 17.3 Å². The number of carbonyl (C=O) groups is 1. The highest BCUT2D eigenvalue weighted by atomic mass is 35.5. The van der Waals surface area contributed by atoms with E-state index in [0.717, 1.165) is 17.0 Å². The summed E-state index contributed by atoms with van der Waals surface area (Å²) in [7, 11) is 0. The lowest BCUT2D eigenvalue weighted by atomic mass is 10.1. The summed E-state index contributed by atoms with van der Waals surface area (Å²) in [6.07, 6.45) is 0. The van der Waals surface area contributed by atoms with Crippen molar-refractivity contribution in [3.8, 4) is 0 Å².